The van der Waals surface area contributed by atoms with Gasteiger partial charge in [-0.1, -0.05) is 13.8 Å². The molecule has 1 aromatic heterocycles. The molecule has 4 heteroatoms. The lowest BCUT2D eigenvalue weighted by Crippen LogP contribution is -2.12. The van der Waals surface area contributed by atoms with Crippen molar-refractivity contribution in [3.63, 3.8) is 0 Å². The van der Waals surface area contributed by atoms with Gasteiger partial charge in [0.2, 0.25) is 0 Å². The highest BCUT2D eigenvalue weighted by molar-refractivity contribution is 4.96. The molecule has 0 saturated heterocycles. The maximum atomic E-state index is 9.53. The van der Waals surface area contributed by atoms with Gasteiger partial charge in [0, 0.05) is 12.8 Å². The van der Waals surface area contributed by atoms with Crippen LogP contribution in [0.3, 0.4) is 0 Å². The molecule has 0 aromatic carbocycles. The SMILES string of the molecule is CCc1nc(CC)n(C2CCC(O)C2)n1. The van der Waals surface area contributed by atoms with Crippen molar-refractivity contribution in [3.8, 4) is 0 Å². The van der Waals surface area contributed by atoms with Gasteiger partial charge in [0.05, 0.1) is 12.1 Å². The van der Waals surface area contributed by atoms with Crippen LogP contribution in [-0.2, 0) is 12.8 Å². The Kier molecular flexibility index (Phi) is 3.05. The Bertz CT molecular complexity index is 335. The van der Waals surface area contributed by atoms with Crippen molar-refractivity contribution in [1.82, 2.24) is 14.8 Å². The Morgan fingerprint density at radius 1 is 1.33 bits per heavy atom. The summed E-state index contributed by atoms with van der Waals surface area (Å²) in [6.07, 6.45) is 4.42. The van der Waals surface area contributed by atoms with Gasteiger partial charge < -0.3 is 5.11 Å². The zero-order chi connectivity index (χ0) is 10.8. The number of hydrogen-bond donors (Lipinski definition) is 1. The second-order valence-corrected chi connectivity index (χ2v) is 4.22. The fourth-order valence-electron chi connectivity index (χ4n) is 2.24. The van der Waals surface area contributed by atoms with Crippen molar-refractivity contribution in [2.45, 2.75) is 58.1 Å². The molecule has 2 atom stereocenters. The van der Waals surface area contributed by atoms with E-state index in [4.69, 9.17) is 0 Å². The first-order chi connectivity index (χ1) is 7.24. The van der Waals surface area contributed by atoms with Gasteiger partial charge in [-0.15, -0.1) is 0 Å². The quantitative estimate of drug-likeness (QED) is 0.820. The van der Waals surface area contributed by atoms with E-state index in [0.717, 1.165) is 43.8 Å². The zero-order valence-electron chi connectivity index (χ0n) is 9.48. The second-order valence-electron chi connectivity index (χ2n) is 4.22. The average Bonchev–Trinajstić information content (AvgIpc) is 2.82. The van der Waals surface area contributed by atoms with Gasteiger partial charge in [0.15, 0.2) is 5.82 Å². The van der Waals surface area contributed by atoms with Crippen LogP contribution < -0.4 is 0 Å². The number of aryl methyl sites for hydroxylation is 2. The first-order valence-corrected chi connectivity index (χ1v) is 5.87. The van der Waals surface area contributed by atoms with E-state index < -0.39 is 0 Å². The molecule has 0 amide bonds. The monoisotopic (exact) mass is 209 g/mol. The van der Waals surface area contributed by atoms with E-state index >= 15 is 0 Å². The number of nitrogens with zero attached hydrogens (tertiary/aromatic N) is 3. The third kappa shape index (κ3) is 2.04. The van der Waals surface area contributed by atoms with E-state index in [1.54, 1.807) is 0 Å². The number of aromatic nitrogens is 3. The van der Waals surface area contributed by atoms with Gasteiger partial charge in [-0.3, -0.25) is 0 Å². The molecule has 1 aliphatic rings. The van der Waals surface area contributed by atoms with Gasteiger partial charge in [-0.2, -0.15) is 5.10 Å². The third-order valence-corrected chi connectivity index (χ3v) is 3.10. The van der Waals surface area contributed by atoms with E-state index in [9.17, 15) is 5.11 Å². The van der Waals surface area contributed by atoms with E-state index in [0.29, 0.717) is 6.04 Å². The van der Waals surface area contributed by atoms with Crippen molar-refractivity contribution in [1.29, 1.82) is 0 Å². The Labute approximate surface area is 90.3 Å². The Hall–Kier alpha value is -0.900. The van der Waals surface area contributed by atoms with E-state index in [1.165, 1.54) is 0 Å². The van der Waals surface area contributed by atoms with Crippen LogP contribution in [0.2, 0.25) is 0 Å². The van der Waals surface area contributed by atoms with Crippen molar-refractivity contribution >= 4 is 0 Å². The van der Waals surface area contributed by atoms with Crippen molar-refractivity contribution in [2.75, 3.05) is 0 Å². The molecule has 2 unspecified atom stereocenters. The summed E-state index contributed by atoms with van der Waals surface area (Å²) in [6, 6.07) is 0.364. The lowest BCUT2D eigenvalue weighted by atomic mass is 10.2. The minimum Gasteiger partial charge on any atom is -0.393 e. The molecular weight excluding hydrogens is 190 g/mol. The lowest BCUT2D eigenvalue weighted by Gasteiger charge is -2.11. The number of aliphatic hydroxyl groups is 1. The van der Waals surface area contributed by atoms with Crippen LogP contribution in [-0.4, -0.2) is 26.0 Å². The number of hydrogen-bond acceptors (Lipinski definition) is 3. The summed E-state index contributed by atoms with van der Waals surface area (Å²) in [5.41, 5.74) is 0. The molecule has 0 radical (unpaired) electrons. The first kappa shape index (κ1) is 10.6. The summed E-state index contributed by atoms with van der Waals surface area (Å²) in [4.78, 5) is 4.49. The van der Waals surface area contributed by atoms with Crippen molar-refractivity contribution in [3.05, 3.63) is 11.6 Å². The molecule has 2 rings (SSSR count). The third-order valence-electron chi connectivity index (χ3n) is 3.10. The second kappa shape index (κ2) is 4.31. The van der Waals surface area contributed by atoms with Crippen LogP contribution in [0.5, 0.6) is 0 Å². The summed E-state index contributed by atoms with van der Waals surface area (Å²) in [5.74, 6) is 1.99. The van der Waals surface area contributed by atoms with Crippen molar-refractivity contribution < 1.29 is 5.11 Å². The highest BCUT2D eigenvalue weighted by Crippen LogP contribution is 2.30. The molecular formula is C11H19N3O. The van der Waals surface area contributed by atoms with Gasteiger partial charge in [0.25, 0.3) is 0 Å². The van der Waals surface area contributed by atoms with Gasteiger partial charge >= 0.3 is 0 Å². The minimum atomic E-state index is -0.144. The first-order valence-electron chi connectivity index (χ1n) is 5.87. The van der Waals surface area contributed by atoms with Crippen LogP contribution in [0.25, 0.3) is 0 Å². The fourth-order valence-corrected chi connectivity index (χ4v) is 2.24. The predicted molar refractivity (Wildman–Crippen MR) is 57.7 cm³/mol. The van der Waals surface area contributed by atoms with Crippen molar-refractivity contribution in [2.24, 2.45) is 0 Å². The summed E-state index contributed by atoms with van der Waals surface area (Å²) in [6.45, 7) is 4.17. The van der Waals surface area contributed by atoms with Gasteiger partial charge in [-0.25, -0.2) is 9.67 Å². The van der Waals surface area contributed by atoms with E-state index in [1.807, 2.05) is 4.68 Å². The van der Waals surface area contributed by atoms with Crippen LogP contribution >= 0.6 is 0 Å². The standard InChI is InChI=1S/C11H19N3O/c1-3-10-12-11(4-2)14(13-10)8-5-6-9(15)7-8/h8-9,15H,3-7H2,1-2H3. The molecule has 4 nitrogen and oxygen atoms in total. The summed E-state index contributed by atoms with van der Waals surface area (Å²) in [7, 11) is 0. The highest BCUT2D eigenvalue weighted by Gasteiger charge is 2.26. The molecule has 1 N–H and O–H groups in total. The van der Waals surface area contributed by atoms with Gasteiger partial charge in [-0.05, 0) is 19.3 Å². The highest BCUT2D eigenvalue weighted by atomic mass is 16.3. The molecule has 0 spiro atoms. The summed E-state index contributed by atoms with van der Waals surface area (Å²) >= 11 is 0. The maximum absolute atomic E-state index is 9.53. The average molecular weight is 209 g/mol. The molecule has 1 aliphatic carbocycles. The topological polar surface area (TPSA) is 50.9 Å². The zero-order valence-corrected chi connectivity index (χ0v) is 9.48. The van der Waals surface area contributed by atoms with Gasteiger partial charge in [0.1, 0.15) is 5.82 Å². The Balaban J connectivity index is 2.22. The molecule has 1 saturated carbocycles. The summed E-state index contributed by atoms with van der Waals surface area (Å²) in [5, 5.41) is 14.0. The molecule has 0 bridgehead atoms. The molecule has 0 aliphatic heterocycles. The maximum Gasteiger partial charge on any atom is 0.150 e. The number of rotatable bonds is 3. The largest absolute Gasteiger partial charge is 0.393 e. The lowest BCUT2D eigenvalue weighted by molar-refractivity contribution is 0.176. The smallest absolute Gasteiger partial charge is 0.150 e. The molecule has 1 fully saturated rings. The molecule has 1 aromatic rings. The van der Waals surface area contributed by atoms with Crippen LogP contribution in [0, 0.1) is 0 Å². The van der Waals surface area contributed by atoms with Crippen LogP contribution in [0.4, 0.5) is 0 Å². The van der Waals surface area contributed by atoms with Crippen LogP contribution in [0.1, 0.15) is 50.8 Å². The molecule has 1 heterocycles. The fraction of sp³-hybridized carbons (Fsp3) is 0.818. The minimum absolute atomic E-state index is 0.144. The van der Waals surface area contributed by atoms with E-state index in [2.05, 4.69) is 23.9 Å². The Morgan fingerprint density at radius 3 is 2.67 bits per heavy atom. The molecule has 84 valence electrons. The summed E-state index contributed by atoms with van der Waals surface area (Å²) < 4.78 is 2.04. The normalized spacial score (nSPS) is 26.1. The van der Waals surface area contributed by atoms with Crippen LogP contribution in [0.15, 0.2) is 0 Å². The van der Waals surface area contributed by atoms with E-state index in [-0.39, 0.29) is 6.10 Å². The number of aliphatic hydroxyl groups excluding tert-OH is 1. The predicted octanol–water partition coefficient (Wildman–Crippen LogP) is 1.49. The Morgan fingerprint density at radius 2 is 2.13 bits per heavy atom. The molecule has 15 heavy (non-hydrogen) atoms.